The highest BCUT2D eigenvalue weighted by atomic mass is 79.9. The van der Waals surface area contributed by atoms with Crippen molar-refractivity contribution in [2.45, 2.75) is 4.90 Å². The largest absolute Gasteiger partial charge is 0.245 e. The summed E-state index contributed by atoms with van der Waals surface area (Å²) in [6.07, 6.45) is 0. The molecule has 0 spiro atoms. The molecule has 0 aliphatic heterocycles. The first-order chi connectivity index (χ1) is 8.43. The smallest absolute Gasteiger partial charge is 0.207 e. The van der Waals surface area contributed by atoms with E-state index >= 15 is 0 Å². The second kappa shape index (κ2) is 5.91. The third kappa shape index (κ3) is 3.05. The lowest BCUT2D eigenvalue weighted by atomic mass is 10.3. The molecule has 0 N–H and O–H groups in total. The highest BCUT2D eigenvalue weighted by Crippen LogP contribution is 2.21. The SMILES string of the molecule is N#CCN(CC#N)S(=O)(=O)c1ccc(Br)c(F)c1. The van der Waals surface area contributed by atoms with Gasteiger partial charge < -0.3 is 0 Å². The van der Waals surface area contributed by atoms with Crippen LogP contribution in [0.4, 0.5) is 4.39 Å². The average Bonchev–Trinajstić information content (AvgIpc) is 2.32. The number of nitriles is 2. The van der Waals surface area contributed by atoms with Crippen molar-refractivity contribution in [2.75, 3.05) is 13.1 Å². The van der Waals surface area contributed by atoms with Crippen LogP contribution in [0.25, 0.3) is 0 Å². The number of hydrogen-bond acceptors (Lipinski definition) is 4. The quantitative estimate of drug-likeness (QED) is 0.784. The van der Waals surface area contributed by atoms with Gasteiger partial charge in [0, 0.05) is 0 Å². The molecule has 0 saturated heterocycles. The monoisotopic (exact) mass is 331 g/mol. The second-order valence-electron chi connectivity index (χ2n) is 3.17. The zero-order chi connectivity index (χ0) is 13.8. The molecule has 0 radical (unpaired) electrons. The lowest BCUT2D eigenvalue weighted by Crippen LogP contribution is -2.31. The molecule has 0 aliphatic rings. The van der Waals surface area contributed by atoms with Gasteiger partial charge in [-0.1, -0.05) is 0 Å². The number of nitrogens with zero attached hydrogens (tertiary/aromatic N) is 3. The van der Waals surface area contributed by atoms with Crippen LogP contribution in [0, 0.1) is 28.5 Å². The Hall–Kier alpha value is -1.48. The van der Waals surface area contributed by atoms with Gasteiger partial charge in [-0.2, -0.15) is 14.8 Å². The molecule has 0 atom stereocenters. The van der Waals surface area contributed by atoms with E-state index in [1.807, 2.05) is 0 Å². The summed E-state index contributed by atoms with van der Waals surface area (Å²) >= 11 is 2.91. The topological polar surface area (TPSA) is 85.0 Å². The molecule has 0 bridgehead atoms. The zero-order valence-electron chi connectivity index (χ0n) is 8.97. The molecule has 1 rings (SSSR count). The molecule has 0 fully saturated rings. The fourth-order valence-corrected chi connectivity index (χ4v) is 2.66. The van der Waals surface area contributed by atoms with Gasteiger partial charge in [-0.3, -0.25) is 0 Å². The van der Waals surface area contributed by atoms with Crippen LogP contribution in [0.15, 0.2) is 27.6 Å². The lowest BCUT2D eigenvalue weighted by molar-refractivity contribution is 0.478. The predicted molar refractivity (Wildman–Crippen MR) is 64.1 cm³/mol. The Morgan fingerprint density at radius 1 is 1.28 bits per heavy atom. The van der Waals surface area contributed by atoms with Gasteiger partial charge in [0.05, 0.1) is 21.5 Å². The minimum absolute atomic E-state index is 0.133. The standard InChI is InChI=1S/C10H7BrFN3O2S/c11-9-2-1-8(7-10(9)12)18(16,17)15(5-3-13)6-4-14/h1-2,7H,5-6H2. The molecule has 0 aliphatic carbocycles. The molecule has 18 heavy (non-hydrogen) atoms. The summed E-state index contributed by atoms with van der Waals surface area (Å²) in [5.74, 6) is -0.732. The van der Waals surface area contributed by atoms with Gasteiger partial charge in [0.1, 0.15) is 18.9 Å². The Labute approximate surface area is 112 Å². The number of hydrogen-bond donors (Lipinski definition) is 0. The maximum atomic E-state index is 13.3. The number of benzene rings is 1. The minimum Gasteiger partial charge on any atom is -0.207 e. The van der Waals surface area contributed by atoms with Gasteiger partial charge >= 0.3 is 0 Å². The highest BCUT2D eigenvalue weighted by molar-refractivity contribution is 9.10. The van der Waals surface area contributed by atoms with Crippen molar-refractivity contribution in [3.05, 3.63) is 28.5 Å². The van der Waals surface area contributed by atoms with Crippen molar-refractivity contribution >= 4 is 26.0 Å². The number of halogens is 2. The van der Waals surface area contributed by atoms with Crippen LogP contribution < -0.4 is 0 Å². The highest BCUT2D eigenvalue weighted by Gasteiger charge is 2.24. The van der Waals surface area contributed by atoms with E-state index in [1.165, 1.54) is 12.1 Å². The Kier molecular flexibility index (Phi) is 4.79. The summed E-state index contributed by atoms with van der Waals surface area (Å²) < 4.78 is 38.1. The van der Waals surface area contributed by atoms with Crippen molar-refractivity contribution in [1.82, 2.24) is 4.31 Å². The van der Waals surface area contributed by atoms with Crippen LogP contribution >= 0.6 is 15.9 Å². The maximum absolute atomic E-state index is 13.3. The Morgan fingerprint density at radius 3 is 2.28 bits per heavy atom. The van der Waals surface area contributed by atoms with E-state index in [0.717, 1.165) is 6.07 Å². The minimum atomic E-state index is -4.04. The Bertz CT molecular complexity index is 618. The summed E-state index contributed by atoms with van der Waals surface area (Å²) in [5, 5.41) is 17.1. The first-order valence-corrected chi connectivity index (χ1v) is 6.86. The molecule has 1 aromatic rings. The van der Waals surface area contributed by atoms with E-state index < -0.39 is 28.9 Å². The molecule has 0 amide bonds. The third-order valence-corrected chi connectivity index (χ3v) is 4.45. The molecule has 0 aromatic heterocycles. The molecule has 0 unspecified atom stereocenters. The number of rotatable bonds is 4. The van der Waals surface area contributed by atoms with Crippen molar-refractivity contribution in [1.29, 1.82) is 10.5 Å². The van der Waals surface area contributed by atoms with Gasteiger partial charge in [-0.05, 0) is 34.1 Å². The summed E-state index contributed by atoms with van der Waals surface area (Å²) in [6.45, 7) is -0.929. The van der Waals surface area contributed by atoms with Crippen LogP contribution in [0.2, 0.25) is 0 Å². The molecule has 8 heteroatoms. The third-order valence-electron chi connectivity index (χ3n) is 2.02. The first-order valence-electron chi connectivity index (χ1n) is 4.62. The molecule has 0 saturated carbocycles. The van der Waals surface area contributed by atoms with E-state index in [2.05, 4.69) is 15.9 Å². The molecular formula is C10H7BrFN3O2S. The summed E-state index contributed by atoms with van der Waals surface area (Å²) in [7, 11) is -4.04. The van der Waals surface area contributed by atoms with Gasteiger partial charge in [-0.15, -0.1) is 0 Å². The molecular weight excluding hydrogens is 325 g/mol. The summed E-state index contributed by atoms with van der Waals surface area (Å²) in [6, 6.07) is 6.58. The van der Waals surface area contributed by atoms with Gasteiger partial charge in [0.25, 0.3) is 0 Å². The predicted octanol–water partition coefficient (Wildman–Crippen LogP) is 1.63. The van der Waals surface area contributed by atoms with Gasteiger partial charge in [0.2, 0.25) is 10.0 Å². The van der Waals surface area contributed by atoms with Crippen LogP contribution in [0.1, 0.15) is 0 Å². The first kappa shape index (κ1) is 14.6. The van der Waals surface area contributed by atoms with Crippen LogP contribution in [0.3, 0.4) is 0 Å². The van der Waals surface area contributed by atoms with Crippen molar-refractivity contribution in [2.24, 2.45) is 0 Å². The van der Waals surface area contributed by atoms with Crippen molar-refractivity contribution < 1.29 is 12.8 Å². The van der Waals surface area contributed by atoms with Gasteiger partial charge in [-0.25, -0.2) is 12.8 Å². The van der Waals surface area contributed by atoms with E-state index in [1.54, 1.807) is 12.1 Å². The average molecular weight is 332 g/mol. The van der Waals surface area contributed by atoms with Crippen LogP contribution in [-0.4, -0.2) is 25.8 Å². The van der Waals surface area contributed by atoms with E-state index in [4.69, 9.17) is 10.5 Å². The second-order valence-corrected chi connectivity index (χ2v) is 5.96. The molecule has 1 aromatic carbocycles. The fraction of sp³-hybridized carbons (Fsp3) is 0.200. The van der Waals surface area contributed by atoms with Crippen LogP contribution in [0.5, 0.6) is 0 Å². The van der Waals surface area contributed by atoms with E-state index in [0.29, 0.717) is 4.31 Å². The number of sulfonamides is 1. The molecule has 5 nitrogen and oxygen atoms in total. The maximum Gasteiger partial charge on any atom is 0.245 e. The van der Waals surface area contributed by atoms with E-state index in [9.17, 15) is 12.8 Å². The van der Waals surface area contributed by atoms with Gasteiger partial charge in [0.15, 0.2) is 0 Å². The summed E-state index contributed by atoms with van der Waals surface area (Å²) in [4.78, 5) is -0.297. The Morgan fingerprint density at radius 2 is 1.83 bits per heavy atom. The molecule has 0 heterocycles. The normalized spacial score (nSPS) is 10.9. The van der Waals surface area contributed by atoms with E-state index in [-0.39, 0.29) is 9.37 Å². The zero-order valence-corrected chi connectivity index (χ0v) is 11.4. The Balaban J connectivity index is 3.23. The van der Waals surface area contributed by atoms with Crippen molar-refractivity contribution in [3.63, 3.8) is 0 Å². The van der Waals surface area contributed by atoms with Crippen LogP contribution in [-0.2, 0) is 10.0 Å². The molecule has 94 valence electrons. The summed E-state index contributed by atoms with van der Waals surface area (Å²) in [5.41, 5.74) is 0. The van der Waals surface area contributed by atoms with Crippen molar-refractivity contribution in [3.8, 4) is 12.1 Å². The fourth-order valence-electron chi connectivity index (χ4n) is 1.17. The lowest BCUT2D eigenvalue weighted by Gasteiger charge is -2.15.